The van der Waals surface area contributed by atoms with Crippen molar-refractivity contribution in [2.75, 3.05) is 0 Å². The maximum atomic E-state index is 9.62. The van der Waals surface area contributed by atoms with Crippen molar-refractivity contribution >= 4 is 110 Å². The van der Waals surface area contributed by atoms with Crippen LogP contribution in [0.15, 0.2) is 0 Å². The number of rotatable bonds is 0. The minimum absolute atomic E-state index is 0. The topological polar surface area (TPSA) is 37.3 Å². The van der Waals surface area contributed by atoms with Gasteiger partial charge in [-0.2, -0.15) is 0 Å². The molecule has 43 valence electrons. The Kier molecular flexibility index (Phi) is 8.29. The van der Waals surface area contributed by atoms with Crippen molar-refractivity contribution in [3.8, 4) is 0 Å². The minimum Gasteiger partial charge on any atom is -0.478 e. The van der Waals surface area contributed by atoms with Crippen molar-refractivity contribution in [2.24, 2.45) is 0 Å². The Balaban J connectivity index is 0. The first kappa shape index (κ1) is 13.0. The van der Waals surface area contributed by atoms with Crippen LogP contribution >= 0.6 is 34.8 Å². The summed E-state index contributed by atoms with van der Waals surface area (Å²) in [4.78, 5) is 9.62. The normalized spacial score (nSPS) is 9.88. The third-order valence-corrected chi connectivity index (χ3v) is 0.728. The number of halogens is 3. The Morgan fingerprint density at radius 2 is 1.50 bits per heavy atom. The zero-order valence-electron chi connectivity index (χ0n) is 3.99. The maximum Gasteiger partial charge on any atom is 0.356 e. The Bertz CT molecular complexity index is 87.8. The Morgan fingerprint density at radius 1 is 1.38 bits per heavy atom. The average Bonchev–Trinajstić information content (AvgIpc) is 1.31. The van der Waals surface area contributed by atoms with Crippen molar-refractivity contribution in [1.82, 2.24) is 0 Å². The van der Waals surface area contributed by atoms with Crippen LogP contribution < -0.4 is 0 Å². The number of carboxylic acid groups (broad SMARTS) is 1. The molecular weight excluding hydrogens is 295 g/mol. The molecule has 0 aliphatic heterocycles. The fourth-order valence-corrected chi connectivity index (χ4v) is 0. The summed E-state index contributed by atoms with van der Waals surface area (Å²) >= 11 is 14.4. The van der Waals surface area contributed by atoms with Crippen LogP contribution in [0.2, 0.25) is 0 Å². The first-order chi connectivity index (χ1) is 2.94. The summed E-state index contributed by atoms with van der Waals surface area (Å²) in [5.41, 5.74) is 0. The van der Waals surface area contributed by atoms with E-state index >= 15 is 0 Å². The van der Waals surface area contributed by atoms with E-state index in [9.17, 15) is 4.79 Å². The van der Waals surface area contributed by atoms with Crippen molar-refractivity contribution < 1.29 is 9.90 Å². The predicted molar refractivity (Wildman–Crippen MR) is 33.7 cm³/mol. The van der Waals surface area contributed by atoms with Gasteiger partial charge in [-0.25, -0.2) is 4.79 Å². The van der Waals surface area contributed by atoms with E-state index in [1.165, 1.54) is 0 Å². The molecule has 8 heavy (non-hydrogen) atoms. The van der Waals surface area contributed by atoms with Crippen LogP contribution in [0.5, 0.6) is 0 Å². The van der Waals surface area contributed by atoms with E-state index in [2.05, 4.69) is 0 Å². The molecule has 0 heterocycles. The molecule has 0 spiro atoms. The number of alkyl halides is 3. The van der Waals surface area contributed by atoms with Crippen LogP contribution in [0.1, 0.15) is 0 Å². The van der Waals surface area contributed by atoms with Gasteiger partial charge < -0.3 is 5.11 Å². The number of carboxylic acids is 1. The molecule has 0 aromatic rings. The van der Waals surface area contributed by atoms with Crippen molar-refractivity contribution in [3.05, 3.63) is 0 Å². The van der Waals surface area contributed by atoms with E-state index in [0.717, 1.165) is 0 Å². The summed E-state index contributed by atoms with van der Waals surface area (Å²) in [6.07, 6.45) is 0. The molecule has 1 N–H and O–H groups in total. The zero-order valence-corrected chi connectivity index (χ0v) is 12.5. The third-order valence-electron chi connectivity index (χ3n) is 0.243. The molecule has 0 rings (SSSR count). The van der Waals surface area contributed by atoms with Crippen LogP contribution in [0.25, 0.3) is 0 Å². The Labute approximate surface area is 120 Å². The van der Waals surface area contributed by atoms with E-state index in [1.807, 2.05) is 0 Å². The van der Waals surface area contributed by atoms with Gasteiger partial charge in [0.25, 0.3) is 3.79 Å². The smallest absolute Gasteiger partial charge is 0.356 e. The Hall–Kier alpha value is 2.39. The third kappa shape index (κ3) is 6.51. The summed E-state index contributed by atoms with van der Waals surface area (Å²) in [6, 6.07) is 0. The molecule has 0 fully saturated rings. The van der Waals surface area contributed by atoms with Gasteiger partial charge in [0.2, 0.25) is 0 Å². The predicted octanol–water partition coefficient (Wildman–Crippen LogP) is 1.06. The summed E-state index contributed by atoms with van der Waals surface area (Å²) in [6.45, 7) is 0. The molecule has 0 saturated carbocycles. The first-order valence-corrected chi connectivity index (χ1v) is 2.38. The second-order valence-corrected chi connectivity index (χ2v) is 3.08. The summed E-state index contributed by atoms with van der Waals surface area (Å²) < 4.78 is -2.17. The molecule has 0 atom stereocenters. The molecule has 1 radical (unpaired) electrons. The second kappa shape index (κ2) is 5.10. The average molecular weight is 296 g/mol. The maximum absolute atomic E-state index is 9.62. The largest absolute Gasteiger partial charge is 0.478 e. The van der Waals surface area contributed by atoms with Crippen LogP contribution in [-0.2, 0) is 4.79 Å². The van der Waals surface area contributed by atoms with Gasteiger partial charge in [-0.1, -0.05) is 34.8 Å². The van der Waals surface area contributed by atoms with Crippen LogP contribution in [-0.4, -0.2) is 83.8 Å². The van der Waals surface area contributed by atoms with Crippen LogP contribution in [0.3, 0.4) is 0 Å². The van der Waals surface area contributed by atoms with Crippen molar-refractivity contribution in [2.45, 2.75) is 3.79 Å². The molecule has 6 heteroatoms. The molecule has 0 aliphatic carbocycles. The molecule has 0 amide bonds. The SMILES string of the molecule is O=C(O)C(Cl)(Cl)Cl.[Cs]. The molecule has 0 unspecified atom stereocenters. The van der Waals surface area contributed by atoms with Crippen molar-refractivity contribution in [1.29, 1.82) is 0 Å². The van der Waals surface area contributed by atoms with Gasteiger partial charge in [0.05, 0.1) is 0 Å². The number of hydrogen-bond donors (Lipinski definition) is 1. The molecule has 2 nitrogen and oxygen atoms in total. The number of aliphatic carboxylic acids is 1. The molecule has 0 aliphatic rings. The summed E-state index contributed by atoms with van der Waals surface area (Å²) in [7, 11) is 0. The molecule has 0 aromatic heterocycles. The molecule has 0 bridgehead atoms. The summed E-state index contributed by atoms with van der Waals surface area (Å²) in [5.74, 6) is -1.46. The molecular formula is C2HCl3CsO2. The zero-order chi connectivity index (χ0) is 6.08. The van der Waals surface area contributed by atoms with E-state index in [1.54, 1.807) is 0 Å². The van der Waals surface area contributed by atoms with E-state index < -0.39 is 9.76 Å². The van der Waals surface area contributed by atoms with Gasteiger partial charge in [0.1, 0.15) is 0 Å². The molecule has 0 saturated heterocycles. The van der Waals surface area contributed by atoms with Crippen LogP contribution in [0.4, 0.5) is 0 Å². The van der Waals surface area contributed by atoms with Crippen molar-refractivity contribution in [3.63, 3.8) is 0 Å². The fraction of sp³-hybridized carbons (Fsp3) is 0.500. The summed E-state index contributed by atoms with van der Waals surface area (Å²) in [5, 5.41) is 7.85. The van der Waals surface area contributed by atoms with E-state index in [0.29, 0.717) is 0 Å². The van der Waals surface area contributed by atoms with E-state index in [4.69, 9.17) is 39.9 Å². The number of hydrogen-bond acceptors (Lipinski definition) is 1. The molecule has 0 aromatic carbocycles. The van der Waals surface area contributed by atoms with Gasteiger partial charge in [-0.05, 0) is 0 Å². The van der Waals surface area contributed by atoms with Gasteiger partial charge in [-0.3, -0.25) is 0 Å². The van der Waals surface area contributed by atoms with Gasteiger partial charge >= 0.3 is 5.97 Å². The quantitative estimate of drug-likeness (QED) is 0.679. The monoisotopic (exact) mass is 295 g/mol. The minimum atomic E-state index is -2.17. The van der Waals surface area contributed by atoms with E-state index in [-0.39, 0.29) is 68.9 Å². The van der Waals surface area contributed by atoms with Gasteiger partial charge in [-0.15, -0.1) is 0 Å². The first-order valence-electron chi connectivity index (χ1n) is 1.24. The number of carbonyl (C=O) groups is 1. The fourth-order valence-electron chi connectivity index (χ4n) is 0. The van der Waals surface area contributed by atoms with Gasteiger partial charge in [0, 0.05) is 68.9 Å². The Morgan fingerprint density at radius 3 is 1.50 bits per heavy atom. The van der Waals surface area contributed by atoms with Gasteiger partial charge in [0.15, 0.2) is 0 Å². The second-order valence-electron chi connectivity index (χ2n) is 0.803. The van der Waals surface area contributed by atoms with Crippen LogP contribution in [0, 0.1) is 0 Å². The standard InChI is InChI=1S/C2HCl3O2.Cs/c3-2(4,5)1(6)7;/h(H,6,7);.